The van der Waals surface area contributed by atoms with Crippen molar-refractivity contribution in [2.45, 2.75) is 53.5 Å². The Balaban J connectivity index is 3.48. The third kappa shape index (κ3) is 3.41. The molecule has 0 heterocycles. The Labute approximate surface area is 119 Å². The van der Waals surface area contributed by atoms with Crippen molar-refractivity contribution in [1.29, 1.82) is 0 Å². The monoisotopic (exact) mass is 284 g/mol. The lowest BCUT2D eigenvalue weighted by atomic mass is 9.98. The summed E-state index contributed by atoms with van der Waals surface area (Å²) in [4.78, 5) is 11.2. The predicted molar refractivity (Wildman–Crippen MR) is 77.3 cm³/mol. The Morgan fingerprint density at radius 2 is 1.63 bits per heavy atom. The average Bonchev–Trinajstić information content (AvgIpc) is 2.31. The van der Waals surface area contributed by atoms with Gasteiger partial charge < -0.3 is 9.47 Å². The fourth-order valence-corrected chi connectivity index (χ4v) is 2.33. The van der Waals surface area contributed by atoms with Gasteiger partial charge in [-0.1, -0.05) is 0 Å². The lowest BCUT2D eigenvalue weighted by Gasteiger charge is -2.22. The molecule has 1 aromatic carbocycles. The van der Waals surface area contributed by atoms with Gasteiger partial charge in [0.25, 0.3) is 0 Å². The molecule has 19 heavy (non-hydrogen) atoms. The second-order valence-electron chi connectivity index (χ2n) is 4.91. The van der Waals surface area contributed by atoms with Crippen LogP contribution in [0.1, 0.15) is 43.0 Å². The number of hydrogen-bond donors (Lipinski definition) is 0. The third-order valence-corrected chi connectivity index (χ3v) is 3.31. The summed E-state index contributed by atoms with van der Waals surface area (Å²) >= 11 is 6.03. The first-order chi connectivity index (χ1) is 8.79. The number of benzene rings is 1. The molecule has 0 atom stereocenters. The van der Waals surface area contributed by atoms with Gasteiger partial charge >= 0.3 is 5.97 Å². The highest BCUT2D eigenvalue weighted by Gasteiger charge is 2.20. The minimum atomic E-state index is -0.330. The van der Waals surface area contributed by atoms with E-state index in [1.165, 1.54) is 6.92 Å². The van der Waals surface area contributed by atoms with Gasteiger partial charge in [-0.3, -0.25) is 4.79 Å². The summed E-state index contributed by atoms with van der Waals surface area (Å²) in [6.07, 6.45) is 0.0686. The molecule has 0 saturated carbocycles. The van der Waals surface area contributed by atoms with Crippen LogP contribution in [-0.4, -0.2) is 12.1 Å². The first kappa shape index (κ1) is 15.8. The number of carbonyl (C=O) groups excluding carboxylic acids is 1. The molecule has 0 fully saturated rings. The van der Waals surface area contributed by atoms with Gasteiger partial charge in [0.15, 0.2) is 0 Å². The van der Waals surface area contributed by atoms with E-state index in [1.54, 1.807) is 0 Å². The van der Waals surface area contributed by atoms with Crippen molar-refractivity contribution < 1.29 is 14.3 Å². The van der Waals surface area contributed by atoms with Gasteiger partial charge in [0.2, 0.25) is 0 Å². The maximum atomic E-state index is 11.2. The van der Waals surface area contributed by atoms with E-state index in [-0.39, 0.29) is 12.1 Å². The molecule has 106 valence electrons. The van der Waals surface area contributed by atoms with Crippen molar-refractivity contribution in [3.05, 3.63) is 22.3 Å². The number of esters is 1. The number of carbonyl (C=O) groups is 1. The lowest BCUT2D eigenvalue weighted by Crippen LogP contribution is -2.12. The molecule has 0 aromatic heterocycles. The van der Waals surface area contributed by atoms with E-state index in [4.69, 9.17) is 21.1 Å². The van der Waals surface area contributed by atoms with Crippen LogP contribution >= 0.6 is 11.6 Å². The van der Waals surface area contributed by atoms with Crippen molar-refractivity contribution >= 4 is 17.6 Å². The van der Waals surface area contributed by atoms with Crippen LogP contribution in [-0.2, 0) is 10.7 Å². The van der Waals surface area contributed by atoms with Crippen LogP contribution in [0.4, 0.5) is 0 Å². The highest BCUT2D eigenvalue weighted by atomic mass is 35.5. The molecule has 0 aliphatic heterocycles. The van der Waals surface area contributed by atoms with Crippen molar-refractivity contribution in [1.82, 2.24) is 0 Å². The average molecular weight is 285 g/mol. The molecule has 0 bridgehead atoms. The van der Waals surface area contributed by atoms with Crippen LogP contribution in [0.5, 0.6) is 11.5 Å². The molecule has 0 N–H and O–H groups in total. The maximum absolute atomic E-state index is 11.2. The van der Waals surface area contributed by atoms with Crippen molar-refractivity contribution in [3.63, 3.8) is 0 Å². The van der Waals surface area contributed by atoms with Crippen LogP contribution < -0.4 is 9.47 Å². The van der Waals surface area contributed by atoms with Gasteiger partial charge in [-0.05, 0) is 45.7 Å². The van der Waals surface area contributed by atoms with E-state index in [9.17, 15) is 4.79 Å². The highest BCUT2D eigenvalue weighted by molar-refractivity contribution is 6.17. The summed E-state index contributed by atoms with van der Waals surface area (Å²) in [5.41, 5.74) is 3.63. The van der Waals surface area contributed by atoms with Crippen LogP contribution in [0.3, 0.4) is 0 Å². The molecule has 0 spiro atoms. The zero-order chi connectivity index (χ0) is 14.7. The summed E-state index contributed by atoms with van der Waals surface area (Å²) < 4.78 is 11.2. The quantitative estimate of drug-likeness (QED) is 0.475. The SMILES string of the molecule is CC(=O)Oc1c(C)c(C)c(OC(C)C)c(CCl)c1C. The second kappa shape index (κ2) is 6.29. The maximum Gasteiger partial charge on any atom is 0.308 e. The van der Waals surface area contributed by atoms with E-state index in [1.807, 2.05) is 34.6 Å². The first-order valence-corrected chi connectivity index (χ1v) is 6.86. The largest absolute Gasteiger partial charge is 0.490 e. The molecule has 0 amide bonds. The molecule has 1 aromatic rings. The van der Waals surface area contributed by atoms with Gasteiger partial charge in [-0.25, -0.2) is 0 Å². The number of halogens is 1. The lowest BCUT2D eigenvalue weighted by molar-refractivity contribution is -0.131. The Bertz CT molecular complexity index is 493. The number of rotatable bonds is 4. The smallest absolute Gasteiger partial charge is 0.308 e. The van der Waals surface area contributed by atoms with Crippen LogP contribution in [0.2, 0.25) is 0 Å². The van der Waals surface area contributed by atoms with Gasteiger partial charge in [0.1, 0.15) is 11.5 Å². The predicted octanol–water partition coefficient (Wildman–Crippen LogP) is 4.06. The van der Waals surface area contributed by atoms with Crippen LogP contribution in [0.15, 0.2) is 0 Å². The molecule has 0 radical (unpaired) electrons. The van der Waals surface area contributed by atoms with E-state index in [2.05, 4.69) is 0 Å². The normalized spacial score (nSPS) is 10.7. The summed E-state index contributed by atoms with van der Waals surface area (Å²) in [6, 6.07) is 0. The molecule has 0 aliphatic carbocycles. The van der Waals surface area contributed by atoms with Crippen molar-refractivity contribution in [3.8, 4) is 11.5 Å². The molecule has 4 heteroatoms. The Morgan fingerprint density at radius 1 is 1.11 bits per heavy atom. The molecule has 3 nitrogen and oxygen atoms in total. The Morgan fingerprint density at radius 3 is 2.05 bits per heavy atom. The highest BCUT2D eigenvalue weighted by Crippen LogP contribution is 2.39. The fourth-order valence-electron chi connectivity index (χ4n) is 2.01. The van der Waals surface area contributed by atoms with Gasteiger partial charge in [-0.2, -0.15) is 0 Å². The minimum Gasteiger partial charge on any atom is -0.490 e. The van der Waals surface area contributed by atoms with Crippen molar-refractivity contribution in [2.75, 3.05) is 0 Å². The molecular weight excluding hydrogens is 264 g/mol. The summed E-state index contributed by atoms with van der Waals surface area (Å²) in [5, 5.41) is 0. The Kier molecular flexibility index (Phi) is 5.24. The van der Waals surface area contributed by atoms with Gasteiger partial charge in [-0.15, -0.1) is 11.6 Å². The molecule has 0 saturated heterocycles. The summed E-state index contributed by atoms with van der Waals surface area (Å²) in [5.74, 6) is 1.39. The summed E-state index contributed by atoms with van der Waals surface area (Å²) in [6.45, 7) is 11.1. The van der Waals surface area contributed by atoms with Gasteiger partial charge in [0, 0.05) is 18.1 Å². The van der Waals surface area contributed by atoms with E-state index in [0.717, 1.165) is 28.0 Å². The van der Waals surface area contributed by atoms with E-state index < -0.39 is 0 Å². The summed E-state index contributed by atoms with van der Waals surface area (Å²) in [7, 11) is 0. The van der Waals surface area contributed by atoms with Crippen molar-refractivity contribution in [2.24, 2.45) is 0 Å². The molecule has 0 unspecified atom stereocenters. The first-order valence-electron chi connectivity index (χ1n) is 6.33. The van der Waals surface area contributed by atoms with E-state index in [0.29, 0.717) is 11.6 Å². The number of hydrogen-bond acceptors (Lipinski definition) is 3. The van der Waals surface area contributed by atoms with Crippen LogP contribution in [0.25, 0.3) is 0 Å². The minimum absolute atomic E-state index is 0.0686. The van der Waals surface area contributed by atoms with Gasteiger partial charge in [0.05, 0.1) is 12.0 Å². The number of ether oxygens (including phenoxy) is 2. The standard InChI is InChI=1S/C15H21ClO3/c1-8(2)18-15-10(4)9(3)14(19-12(6)17)11(5)13(15)7-16/h8H,7H2,1-6H3. The Hall–Kier alpha value is -1.22. The topological polar surface area (TPSA) is 35.5 Å². The molecule has 1 rings (SSSR count). The molecule has 0 aliphatic rings. The zero-order valence-electron chi connectivity index (χ0n) is 12.4. The van der Waals surface area contributed by atoms with E-state index >= 15 is 0 Å². The fraction of sp³-hybridized carbons (Fsp3) is 0.533. The second-order valence-corrected chi connectivity index (χ2v) is 5.17. The molecular formula is C15H21ClO3. The number of alkyl halides is 1. The zero-order valence-corrected chi connectivity index (χ0v) is 13.1. The third-order valence-electron chi connectivity index (χ3n) is 3.04. The van der Waals surface area contributed by atoms with Crippen LogP contribution in [0, 0.1) is 20.8 Å².